The highest BCUT2D eigenvalue weighted by Crippen LogP contribution is 2.24. The summed E-state index contributed by atoms with van der Waals surface area (Å²) in [5, 5.41) is 7.44. The van der Waals surface area contributed by atoms with Crippen LogP contribution in [-0.4, -0.2) is 34.7 Å². The Morgan fingerprint density at radius 2 is 2.25 bits per heavy atom. The van der Waals surface area contributed by atoms with Crippen LogP contribution in [0.15, 0.2) is 12.4 Å². The van der Waals surface area contributed by atoms with E-state index in [1.54, 1.807) is 10.9 Å². The summed E-state index contributed by atoms with van der Waals surface area (Å²) in [6.07, 6.45) is 2.39. The van der Waals surface area contributed by atoms with Crippen LogP contribution in [0.5, 0.6) is 0 Å². The van der Waals surface area contributed by atoms with Gasteiger partial charge >= 0.3 is 6.18 Å². The normalized spacial score (nSPS) is 24.0. The third kappa shape index (κ3) is 5.13. The summed E-state index contributed by atoms with van der Waals surface area (Å²) < 4.78 is 43.1. The molecule has 0 aromatic carbocycles. The fraction of sp³-hybridized carbons (Fsp3) is 0.769. The zero-order valence-electron chi connectivity index (χ0n) is 11.5. The van der Waals surface area contributed by atoms with E-state index in [0.717, 1.165) is 18.4 Å². The number of alkyl halides is 3. The third-order valence-electron chi connectivity index (χ3n) is 3.46. The van der Waals surface area contributed by atoms with Gasteiger partial charge in [0, 0.05) is 31.4 Å². The first-order chi connectivity index (χ1) is 9.42. The second-order valence-corrected chi connectivity index (χ2v) is 5.31. The van der Waals surface area contributed by atoms with E-state index in [1.165, 1.54) is 0 Å². The second-order valence-electron chi connectivity index (χ2n) is 5.31. The molecule has 114 valence electrons. The van der Waals surface area contributed by atoms with Gasteiger partial charge in [-0.3, -0.25) is 4.68 Å². The Labute approximate surface area is 116 Å². The van der Waals surface area contributed by atoms with Crippen LogP contribution in [0.4, 0.5) is 13.2 Å². The van der Waals surface area contributed by atoms with Gasteiger partial charge in [0.15, 0.2) is 0 Å². The maximum atomic E-state index is 12.1. The molecule has 2 unspecified atom stereocenters. The molecule has 2 rings (SSSR count). The van der Waals surface area contributed by atoms with Crippen LogP contribution in [0.2, 0.25) is 0 Å². The van der Waals surface area contributed by atoms with Gasteiger partial charge in [0.25, 0.3) is 0 Å². The SMILES string of the molecule is Cn1cc(CNC2CCCC(OCC(F)(F)F)C2)cn1. The highest BCUT2D eigenvalue weighted by molar-refractivity contribution is 5.03. The van der Waals surface area contributed by atoms with Gasteiger partial charge in [-0.15, -0.1) is 0 Å². The number of nitrogens with one attached hydrogen (secondary N) is 1. The number of ether oxygens (including phenoxy) is 1. The predicted molar refractivity (Wildman–Crippen MR) is 68.1 cm³/mol. The van der Waals surface area contributed by atoms with Gasteiger partial charge in [0.05, 0.1) is 12.3 Å². The van der Waals surface area contributed by atoms with Crippen LogP contribution in [0.25, 0.3) is 0 Å². The van der Waals surface area contributed by atoms with Crippen molar-refractivity contribution in [2.24, 2.45) is 7.05 Å². The Kier molecular flexibility index (Phi) is 5.04. The first kappa shape index (κ1) is 15.3. The molecule has 20 heavy (non-hydrogen) atoms. The molecule has 1 saturated carbocycles. The van der Waals surface area contributed by atoms with Crippen molar-refractivity contribution in [2.75, 3.05) is 6.61 Å². The molecule has 1 heterocycles. The van der Waals surface area contributed by atoms with Crippen molar-refractivity contribution in [3.8, 4) is 0 Å². The quantitative estimate of drug-likeness (QED) is 0.905. The zero-order valence-corrected chi connectivity index (χ0v) is 11.5. The summed E-state index contributed by atoms with van der Waals surface area (Å²) in [5.74, 6) is 0. The fourth-order valence-electron chi connectivity index (χ4n) is 2.52. The van der Waals surface area contributed by atoms with E-state index in [2.05, 4.69) is 10.4 Å². The average Bonchev–Trinajstić information content (AvgIpc) is 2.80. The second kappa shape index (κ2) is 6.58. The lowest BCUT2D eigenvalue weighted by Crippen LogP contribution is -2.37. The molecule has 1 fully saturated rings. The highest BCUT2D eigenvalue weighted by atomic mass is 19.4. The molecule has 0 saturated heterocycles. The molecule has 1 N–H and O–H groups in total. The number of hydrogen-bond acceptors (Lipinski definition) is 3. The van der Waals surface area contributed by atoms with Crippen LogP contribution in [0.3, 0.4) is 0 Å². The third-order valence-corrected chi connectivity index (χ3v) is 3.46. The summed E-state index contributed by atoms with van der Waals surface area (Å²) in [5.41, 5.74) is 1.07. The number of nitrogens with zero attached hydrogens (tertiary/aromatic N) is 2. The van der Waals surface area contributed by atoms with Crippen molar-refractivity contribution >= 4 is 0 Å². The van der Waals surface area contributed by atoms with Crippen LogP contribution in [0, 0.1) is 0 Å². The van der Waals surface area contributed by atoms with Gasteiger partial charge in [-0.1, -0.05) is 0 Å². The van der Waals surface area contributed by atoms with E-state index in [0.29, 0.717) is 19.4 Å². The molecule has 0 spiro atoms. The monoisotopic (exact) mass is 291 g/mol. The lowest BCUT2D eigenvalue weighted by Gasteiger charge is -2.30. The minimum atomic E-state index is -4.24. The number of rotatable bonds is 5. The van der Waals surface area contributed by atoms with Crippen LogP contribution < -0.4 is 5.32 Å². The Morgan fingerprint density at radius 1 is 1.45 bits per heavy atom. The number of aromatic nitrogens is 2. The molecular formula is C13H20F3N3O. The van der Waals surface area contributed by atoms with E-state index >= 15 is 0 Å². The molecule has 0 amide bonds. The molecule has 0 aliphatic heterocycles. The molecule has 1 aliphatic rings. The first-order valence-corrected chi connectivity index (χ1v) is 6.81. The lowest BCUT2D eigenvalue weighted by molar-refractivity contribution is -0.188. The van der Waals surface area contributed by atoms with Crippen molar-refractivity contribution in [3.05, 3.63) is 18.0 Å². The van der Waals surface area contributed by atoms with E-state index in [4.69, 9.17) is 4.74 Å². The zero-order chi connectivity index (χ0) is 14.6. The Morgan fingerprint density at radius 3 is 2.90 bits per heavy atom. The maximum Gasteiger partial charge on any atom is 0.411 e. The minimum Gasteiger partial charge on any atom is -0.369 e. The lowest BCUT2D eigenvalue weighted by atomic mass is 9.92. The molecule has 7 heteroatoms. The minimum absolute atomic E-state index is 0.210. The molecule has 4 nitrogen and oxygen atoms in total. The molecular weight excluding hydrogens is 271 g/mol. The van der Waals surface area contributed by atoms with E-state index in [9.17, 15) is 13.2 Å². The van der Waals surface area contributed by atoms with Crippen molar-refractivity contribution in [1.29, 1.82) is 0 Å². The van der Waals surface area contributed by atoms with Gasteiger partial charge in [-0.2, -0.15) is 18.3 Å². The molecule has 1 aromatic rings. The van der Waals surface area contributed by atoms with Crippen LogP contribution in [-0.2, 0) is 18.3 Å². The largest absolute Gasteiger partial charge is 0.411 e. The topological polar surface area (TPSA) is 39.1 Å². The first-order valence-electron chi connectivity index (χ1n) is 6.81. The number of halogens is 3. The predicted octanol–water partition coefficient (Wildman–Crippen LogP) is 2.40. The van der Waals surface area contributed by atoms with Crippen LogP contribution in [0.1, 0.15) is 31.2 Å². The van der Waals surface area contributed by atoms with Crippen LogP contribution >= 0.6 is 0 Å². The standard InChI is InChI=1S/C13H20F3N3O/c1-19-8-10(7-18-19)6-17-11-3-2-4-12(5-11)20-9-13(14,15)16/h7-8,11-12,17H,2-6,9H2,1H3. The van der Waals surface area contributed by atoms with Crippen molar-refractivity contribution in [2.45, 2.75) is 50.6 Å². The Hall–Kier alpha value is -1.08. The van der Waals surface area contributed by atoms with Gasteiger partial charge in [0.2, 0.25) is 0 Å². The number of aryl methyl sites for hydroxylation is 1. The molecule has 0 bridgehead atoms. The van der Waals surface area contributed by atoms with Crippen molar-refractivity contribution in [3.63, 3.8) is 0 Å². The van der Waals surface area contributed by atoms with E-state index in [-0.39, 0.29) is 12.1 Å². The molecule has 0 radical (unpaired) electrons. The fourth-order valence-corrected chi connectivity index (χ4v) is 2.52. The smallest absolute Gasteiger partial charge is 0.369 e. The van der Waals surface area contributed by atoms with Crippen molar-refractivity contribution in [1.82, 2.24) is 15.1 Å². The van der Waals surface area contributed by atoms with E-state index < -0.39 is 12.8 Å². The summed E-state index contributed by atoms with van der Waals surface area (Å²) in [6.45, 7) is -0.461. The molecule has 2 atom stereocenters. The number of hydrogen-bond donors (Lipinski definition) is 1. The summed E-state index contributed by atoms with van der Waals surface area (Å²) in [7, 11) is 1.85. The van der Waals surface area contributed by atoms with Gasteiger partial charge in [-0.05, 0) is 25.7 Å². The maximum absolute atomic E-state index is 12.1. The van der Waals surface area contributed by atoms with Gasteiger partial charge in [0.1, 0.15) is 6.61 Å². The summed E-state index contributed by atoms with van der Waals surface area (Å²) >= 11 is 0. The van der Waals surface area contributed by atoms with Gasteiger partial charge in [-0.25, -0.2) is 0 Å². The molecule has 1 aliphatic carbocycles. The summed E-state index contributed by atoms with van der Waals surface area (Å²) in [4.78, 5) is 0. The van der Waals surface area contributed by atoms with Crippen molar-refractivity contribution < 1.29 is 17.9 Å². The van der Waals surface area contributed by atoms with E-state index in [1.807, 2.05) is 13.2 Å². The molecule has 1 aromatic heterocycles. The Bertz CT molecular complexity index is 419. The average molecular weight is 291 g/mol. The Balaban J connectivity index is 1.73. The summed E-state index contributed by atoms with van der Waals surface area (Å²) in [6, 6.07) is 0.210. The van der Waals surface area contributed by atoms with Gasteiger partial charge < -0.3 is 10.1 Å². The highest BCUT2D eigenvalue weighted by Gasteiger charge is 2.31.